The lowest BCUT2D eigenvalue weighted by atomic mass is 9.54. The highest BCUT2D eigenvalue weighted by molar-refractivity contribution is 6.69. The normalized spacial score (nSPS) is 38.0. The summed E-state index contributed by atoms with van der Waals surface area (Å²) in [5.41, 5.74) is -1.55. The summed E-state index contributed by atoms with van der Waals surface area (Å²) >= 11 is 39.8. The standard InChI is InChI=1S/C34H59Cl3O4.C17H25Cl3O2.C13H24O2/c1-9-21-38-25(3)40-30(7)16-13-14-26(30)29(6,10-2)23-28(4,5)32-17-19-33(24-32,20-18-32)31(8,34(35,36)37)41-27-15-11-12-22-39-27;1-3-15-7-9-16(12-15,10-8-15)14(2,17(18,19)20)22-13-6-4-5-11-21-13;1-5-10-14-11(3)15-13(4)9-7-8-12(13)6-2/h25-27H,9-24H2,1-8H3;3,13H,1,4-12H2,2H3;6,11-12H,2,5,7-10H2,1,3-4H3. The van der Waals surface area contributed by atoms with Gasteiger partial charge in [0.1, 0.15) is 11.2 Å². The van der Waals surface area contributed by atoms with Gasteiger partial charge in [0.05, 0.1) is 11.2 Å². The highest BCUT2D eigenvalue weighted by Crippen LogP contribution is 2.76. The lowest BCUT2D eigenvalue weighted by Gasteiger charge is -2.52. The quantitative estimate of drug-likeness (QED) is 0.0569. The fourth-order valence-electron chi connectivity index (χ4n) is 17.2. The smallest absolute Gasteiger partial charge is 0.219 e. The van der Waals surface area contributed by atoms with E-state index < -0.39 is 18.8 Å². The van der Waals surface area contributed by atoms with Crippen molar-refractivity contribution in [1.82, 2.24) is 0 Å². The number of alkyl halides is 6. The second-order valence-corrected chi connectivity index (χ2v) is 32.2. The van der Waals surface area contributed by atoms with Gasteiger partial charge < -0.3 is 37.9 Å². The summed E-state index contributed by atoms with van der Waals surface area (Å²) in [6.45, 7) is 37.7. The van der Waals surface area contributed by atoms with Crippen molar-refractivity contribution >= 4 is 69.6 Å². The number of hydrogen-bond donors (Lipinski definition) is 0. The van der Waals surface area contributed by atoms with Crippen LogP contribution in [0.15, 0.2) is 25.3 Å². The Labute approximate surface area is 505 Å². The Kier molecular flexibility index (Phi) is 23.4. The topological polar surface area (TPSA) is 73.8 Å². The van der Waals surface area contributed by atoms with E-state index >= 15 is 0 Å². The molecule has 8 nitrogen and oxygen atoms in total. The van der Waals surface area contributed by atoms with Crippen LogP contribution < -0.4 is 0 Å². The number of hydrogen-bond acceptors (Lipinski definition) is 8. The summed E-state index contributed by atoms with van der Waals surface area (Å²) in [6.07, 6.45) is 31.5. The van der Waals surface area contributed by atoms with Crippen molar-refractivity contribution in [3.63, 3.8) is 0 Å². The van der Waals surface area contributed by atoms with Crippen LogP contribution in [0.3, 0.4) is 0 Å². The van der Waals surface area contributed by atoms with Crippen LogP contribution in [0.25, 0.3) is 0 Å². The minimum atomic E-state index is -1.53. The number of fused-ring (bicyclic) bond motifs is 4. The average molecular weight is 1220 g/mol. The molecule has 6 saturated carbocycles. The van der Waals surface area contributed by atoms with Gasteiger partial charge in [-0.3, -0.25) is 0 Å². The molecule has 0 aromatic rings. The first-order valence-electron chi connectivity index (χ1n) is 31.0. The lowest BCUT2D eigenvalue weighted by Crippen LogP contribution is -2.57. The molecule has 4 bridgehead atoms. The van der Waals surface area contributed by atoms with Gasteiger partial charge in [-0.25, -0.2) is 0 Å². The molecule has 0 aromatic heterocycles. The predicted molar refractivity (Wildman–Crippen MR) is 325 cm³/mol. The van der Waals surface area contributed by atoms with Gasteiger partial charge in [0.25, 0.3) is 0 Å². The van der Waals surface area contributed by atoms with E-state index in [-0.39, 0.29) is 68.9 Å². The van der Waals surface area contributed by atoms with Crippen molar-refractivity contribution < 1.29 is 37.9 Å². The maximum Gasteiger partial charge on any atom is 0.219 e. The molecule has 0 aromatic carbocycles. The first kappa shape index (κ1) is 68.0. The molecule has 0 amide bonds. The lowest BCUT2D eigenvalue weighted by molar-refractivity contribution is -0.252. The Morgan fingerprint density at radius 1 is 0.564 bits per heavy atom. The first-order valence-corrected chi connectivity index (χ1v) is 33.2. The van der Waals surface area contributed by atoms with Crippen LogP contribution in [0.5, 0.6) is 0 Å². The van der Waals surface area contributed by atoms with E-state index in [4.69, 9.17) is 108 Å². The molecular weight excluding hydrogens is 1110 g/mol. The zero-order valence-electron chi connectivity index (χ0n) is 50.8. The fraction of sp³-hybridized carbons (Fsp3) is 0.938. The van der Waals surface area contributed by atoms with E-state index in [0.29, 0.717) is 18.4 Å². The maximum atomic E-state index is 6.83. The minimum absolute atomic E-state index is 0.0606. The molecule has 0 spiro atoms. The molecule has 454 valence electrons. The van der Waals surface area contributed by atoms with Crippen molar-refractivity contribution in [2.24, 2.45) is 44.3 Å². The van der Waals surface area contributed by atoms with E-state index in [1.807, 2.05) is 19.9 Å². The van der Waals surface area contributed by atoms with Gasteiger partial charge >= 0.3 is 0 Å². The summed E-state index contributed by atoms with van der Waals surface area (Å²) in [4.78, 5) is 0. The molecule has 2 aliphatic heterocycles. The molecule has 11 atom stereocenters. The molecule has 8 fully saturated rings. The Balaban J connectivity index is 0.000000220. The van der Waals surface area contributed by atoms with Crippen molar-refractivity contribution in [2.75, 3.05) is 26.4 Å². The fourth-order valence-corrected chi connectivity index (χ4v) is 18.7. The largest absolute Gasteiger partial charge is 0.353 e. The third-order valence-corrected chi connectivity index (χ3v) is 24.5. The molecule has 6 aliphatic carbocycles. The monoisotopic (exact) mass is 1210 g/mol. The molecule has 11 unspecified atom stereocenters. The van der Waals surface area contributed by atoms with Gasteiger partial charge in [-0.05, 0) is 223 Å². The Bertz CT molecular complexity index is 1900. The van der Waals surface area contributed by atoms with Crippen LogP contribution in [0.1, 0.15) is 250 Å². The van der Waals surface area contributed by atoms with Crippen LogP contribution in [-0.4, -0.2) is 81.6 Å². The third-order valence-electron chi connectivity index (χ3n) is 22.4. The summed E-state index contributed by atoms with van der Waals surface area (Å²) in [5.74, 6) is 0.972. The van der Waals surface area contributed by atoms with Crippen molar-refractivity contribution in [2.45, 2.75) is 305 Å². The number of allylic oxidation sites excluding steroid dienone is 1. The number of halogens is 6. The molecule has 8 rings (SSSR count). The summed E-state index contributed by atoms with van der Waals surface area (Å²) in [7, 11) is 0. The molecule has 2 saturated heterocycles. The molecule has 8 aliphatic rings. The minimum Gasteiger partial charge on any atom is -0.353 e. The molecular formula is C64H108Cl6O8. The number of rotatable bonds is 23. The van der Waals surface area contributed by atoms with E-state index in [0.717, 1.165) is 161 Å². The van der Waals surface area contributed by atoms with Gasteiger partial charge in [-0.2, -0.15) is 0 Å². The van der Waals surface area contributed by atoms with Crippen LogP contribution >= 0.6 is 69.6 Å². The molecule has 78 heavy (non-hydrogen) atoms. The van der Waals surface area contributed by atoms with Crippen LogP contribution in [0, 0.1) is 44.3 Å². The van der Waals surface area contributed by atoms with Crippen molar-refractivity contribution in [3.8, 4) is 0 Å². The zero-order valence-corrected chi connectivity index (χ0v) is 55.3. The van der Waals surface area contributed by atoms with E-state index in [2.05, 4.69) is 88.5 Å². The van der Waals surface area contributed by atoms with Crippen molar-refractivity contribution in [1.29, 1.82) is 0 Å². The SMILES string of the molecule is C=CC12CCC(C(C)(OC3CCCCO3)C(Cl)(Cl)Cl)(CC1)C2.C=CC1CCCC1(C)OC(C)OCCC.CCCOC(C)OC1(C)CCCC1C(C)(CC)CC(C)(C)C12CCC(C(C)(OC3CCCCO3)C(Cl)(Cl)Cl)(CC1)C2. The van der Waals surface area contributed by atoms with Gasteiger partial charge in [0.2, 0.25) is 7.59 Å². The number of ether oxygens (including phenoxy) is 8. The highest BCUT2D eigenvalue weighted by atomic mass is 35.6. The summed E-state index contributed by atoms with van der Waals surface area (Å²) in [6, 6.07) is 0. The van der Waals surface area contributed by atoms with Crippen LogP contribution in [-0.2, 0) is 37.9 Å². The summed E-state index contributed by atoms with van der Waals surface area (Å²) in [5, 5.41) is 0. The highest BCUT2D eigenvalue weighted by Gasteiger charge is 2.72. The van der Waals surface area contributed by atoms with E-state index in [1.165, 1.54) is 25.7 Å². The van der Waals surface area contributed by atoms with E-state index in [9.17, 15) is 0 Å². The van der Waals surface area contributed by atoms with E-state index in [1.54, 1.807) is 0 Å². The second kappa shape index (κ2) is 26.9. The zero-order chi connectivity index (χ0) is 57.7. The Hall–Kier alpha value is 0.900. The van der Waals surface area contributed by atoms with Gasteiger partial charge in [-0.15, -0.1) is 13.2 Å². The van der Waals surface area contributed by atoms with Gasteiger partial charge in [0, 0.05) is 43.2 Å². The molecule has 0 N–H and O–H groups in total. The van der Waals surface area contributed by atoms with Gasteiger partial charge in [0.15, 0.2) is 25.2 Å². The van der Waals surface area contributed by atoms with Gasteiger partial charge in [-0.1, -0.05) is 136 Å². The molecule has 2 heterocycles. The first-order chi connectivity index (χ1) is 36.4. The third kappa shape index (κ3) is 14.3. The maximum absolute atomic E-state index is 6.83. The Morgan fingerprint density at radius 2 is 1.01 bits per heavy atom. The Morgan fingerprint density at radius 3 is 1.44 bits per heavy atom. The predicted octanol–water partition coefficient (Wildman–Crippen LogP) is 20.1. The van der Waals surface area contributed by atoms with Crippen LogP contribution in [0.2, 0.25) is 0 Å². The molecule has 14 heteroatoms. The molecule has 0 radical (unpaired) electrons. The van der Waals surface area contributed by atoms with Crippen molar-refractivity contribution in [3.05, 3.63) is 25.3 Å². The second-order valence-electron chi connectivity index (χ2n) is 27.6. The average Bonchev–Trinajstić information content (AvgIpc) is 4.45. The van der Waals surface area contributed by atoms with Crippen LogP contribution in [0.4, 0.5) is 0 Å². The summed E-state index contributed by atoms with van der Waals surface area (Å²) < 4.78 is 46.2.